The molecule has 1 aromatic heterocycles. The van der Waals surface area contributed by atoms with Gasteiger partial charge in [-0.15, -0.1) is 6.58 Å². The molecule has 1 N–H and O–H groups in total. The van der Waals surface area contributed by atoms with Gasteiger partial charge in [-0.2, -0.15) is 5.10 Å². The van der Waals surface area contributed by atoms with Gasteiger partial charge in [-0.1, -0.05) is 12.5 Å². The highest BCUT2D eigenvalue weighted by molar-refractivity contribution is 5.06. The van der Waals surface area contributed by atoms with Crippen molar-refractivity contribution in [2.75, 3.05) is 6.54 Å². The molecule has 0 spiro atoms. The number of nitrogens with zero attached hydrogens (tertiary/aromatic N) is 2. The van der Waals surface area contributed by atoms with Crippen molar-refractivity contribution >= 4 is 0 Å². The van der Waals surface area contributed by atoms with Crippen LogP contribution in [0.2, 0.25) is 0 Å². The summed E-state index contributed by atoms with van der Waals surface area (Å²) in [7, 11) is 1.95. The average molecular weight is 207 g/mol. The molecule has 84 valence electrons. The molecule has 1 unspecified atom stereocenters. The molecule has 0 saturated heterocycles. The van der Waals surface area contributed by atoms with Crippen LogP contribution in [-0.2, 0) is 7.05 Å². The summed E-state index contributed by atoms with van der Waals surface area (Å²) >= 11 is 0. The minimum absolute atomic E-state index is 0.355. The van der Waals surface area contributed by atoms with Gasteiger partial charge in [0.2, 0.25) is 0 Å². The Morgan fingerprint density at radius 2 is 2.40 bits per heavy atom. The number of allylic oxidation sites excluding steroid dienone is 1. The lowest BCUT2D eigenvalue weighted by Gasteiger charge is -2.15. The van der Waals surface area contributed by atoms with Gasteiger partial charge >= 0.3 is 0 Å². The van der Waals surface area contributed by atoms with Crippen LogP contribution in [-0.4, -0.2) is 16.3 Å². The monoisotopic (exact) mass is 207 g/mol. The Morgan fingerprint density at radius 3 is 2.87 bits per heavy atom. The van der Waals surface area contributed by atoms with E-state index < -0.39 is 0 Å². The number of rotatable bonds is 6. The summed E-state index contributed by atoms with van der Waals surface area (Å²) in [6, 6.07) is 2.43. The zero-order valence-corrected chi connectivity index (χ0v) is 9.95. The first-order chi connectivity index (χ1) is 7.13. The fourth-order valence-electron chi connectivity index (χ4n) is 1.61. The molecule has 0 aliphatic heterocycles. The average Bonchev–Trinajstić information content (AvgIpc) is 2.59. The number of aryl methyl sites for hydroxylation is 1. The first-order valence-electron chi connectivity index (χ1n) is 5.50. The third-order valence-corrected chi connectivity index (χ3v) is 2.40. The second kappa shape index (κ2) is 5.71. The first kappa shape index (κ1) is 12.0. The quantitative estimate of drug-likeness (QED) is 0.726. The highest BCUT2D eigenvalue weighted by Gasteiger charge is 2.12. The summed E-state index contributed by atoms with van der Waals surface area (Å²) < 4.78 is 1.85. The van der Waals surface area contributed by atoms with Gasteiger partial charge in [0.15, 0.2) is 0 Å². The Hall–Kier alpha value is -1.09. The summed E-state index contributed by atoms with van der Waals surface area (Å²) in [6.07, 6.45) is 4.11. The van der Waals surface area contributed by atoms with Crippen molar-refractivity contribution < 1.29 is 0 Å². The molecule has 0 bridgehead atoms. The van der Waals surface area contributed by atoms with Crippen LogP contribution in [0.5, 0.6) is 0 Å². The van der Waals surface area contributed by atoms with Gasteiger partial charge in [0.05, 0.1) is 11.7 Å². The molecule has 0 aliphatic rings. The van der Waals surface area contributed by atoms with Crippen LogP contribution in [0.3, 0.4) is 0 Å². The topological polar surface area (TPSA) is 29.9 Å². The Balaban J connectivity index is 2.60. The zero-order chi connectivity index (χ0) is 11.3. The van der Waals surface area contributed by atoms with E-state index in [1.165, 1.54) is 5.57 Å². The zero-order valence-electron chi connectivity index (χ0n) is 9.95. The van der Waals surface area contributed by atoms with Gasteiger partial charge in [-0.05, 0) is 32.4 Å². The highest BCUT2D eigenvalue weighted by Crippen LogP contribution is 2.18. The summed E-state index contributed by atoms with van der Waals surface area (Å²) in [5, 5.41) is 7.88. The summed E-state index contributed by atoms with van der Waals surface area (Å²) in [5.74, 6) is 0. The molecule has 1 aromatic rings. The van der Waals surface area contributed by atoms with Crippen LogP contribution < -0.4 is 5.32 Å². The second-order valence-corrected chi connectivity index (χ2v) is 4.02. The third kappa shape index (κ3) is 3.88. The van der Waals surface area contributed by atoms with Gasteiger partial charge in [-0.25, -0.2) is 0 Å². The van der Waals surface area contributed by atoms with Crippen LogP contribution in [0.25, 0.3) is 0 Å². The Morgan fingerprint density at radius 1 is 1.67 bits per heavy atom. The number of hydrogen-bond acceptors (Lipinski definition) is 2. The molecular formula is C12H21N3. The third-order valence-electron chi connectivity index (χ3n) is 2.40. The molecular weight excluding hydrogens is 186 g/mol. The van der Waals surface area contributed by atoms with Crippen molar-refractivity contribution in [1.29, 1.82) is 0 Å². The van der Waals surface area contributed by atoms with E-state index in [1.54, 1.807) is 0 Å². The van der Waals surface area contributed by atoms with Crippen LogP contribution in [0.15, 0.2) is 24.4 Å². The van der Waals surface area contributed by atoms with Crippen molar-refractivity contribution in [3.63, 3.8) is 0 Å². The largest absolute Gasteiger partial charge is 0.309 e. The highest BCUT2D eigenvalue weighted by atomic mass is 15.3. The lowest BCUT2D eigenvalue weighted by Crippen LogP contribution is -2.21. The molecule has 0 amide bonds. The van der Waals surface area contributed by atoms with E-state index in [-0.39, 0.29) is 0 Å². The van der Waals surface area contributed by atoms with E-state index >= 15 is 0 Å². The van der Waals surface area contributed by atoms with E-state index in [0.717, 1.165) is 25.1 Å². The van der Waals surface area contributed by atoms with Crippen molar-refractivity contribution in [3.8, 4) is 0 Å². The van der Waals surface area contributed by atoms with E-state index in [9.17, 15) is 0 Å². The maximum Gasteiger partial charge on any atom is 0.0793 e. The molecule has 1 rings (SSSR count). The molecule has 1 heterocycles. The maximum atomic E-state index is 4.43. The molecule has 0 aromatic carbocycles. The summed E-state index contributed by atoms with van der Waals surface area (Å²) in [5.41, 5.74) is 2.36. The predicted octanol–water partition coefficient (Wildman–Crippen LogP) is 2.43. The lowest BCUT2D eigenvalue weighted by molar-refractivity contribution is 0.496. The van der Waals surface area contributed by atoms with E-state index in [0.29, 0.717) is 6.04 Å². The number of nitrogens with one attached hydrogen (secondary N) is 1. The fraction of sp³-hybridized carbons (Fsp3) is 0.583. The molecule has 0 aliphatic carbocycles. The van der Waals surface area contributed by atoms with Crippen LogP contribution in [0.4, 0.5) is 0 Å². The molecule has 3 heteroatoms. The SMILES string of the molecule is C=C(C)CCC(NCC)c1ccn(C)n1. The van der Waals surface area contributed by atoms with E-state index in [2.05, 4.69) is 36.9 Å². The van der Waals surface area contributed by atoms with Gasteiger partial charge in [-0.3, -0.25) is 4.68 Å². The first-order valence-corrected chi connectivity index (χ1v) is 5.50. The van der Waals surface area contributed by atoms with Gasteiger partial charge in [0, 0.05) is 13.2 Å². The van der Waals surface area contributed by atoms with Crippen molar-refractivity contribution in [3.05, 3.63) is 30.1 Å². The van der Waals surface area contributed by atoms with Gasteiger partial charge in [0.1, 0.15) is 0 Å². The molecule has 1 atom stereocenters. The van der Waals surface area contributed by atoms with Gasteiger partial charge in [0.25, 0.3) is 0 Å². The molecule has 0 fully saturated rings. The molecule has 3 nitrogen and oxygen atoms in total. The van der Waals surface area contributed by atoms with Crippen LogP contribution in [0.1, 0.15) is 38.4 Å². The minimum atomic E-state index is 0.355. The minimum Gasteiger partial charge on any atom is -0.309 e. The van der Waals surface area contributed by atoms with Crippen molar-refractivity contribution in [1.82, 2.24) is 15.1 Å². The smallest absolute Gasteiger partial charge is 0.0793 e. The van der Waals surface area contributed by atoms with Crippen molar-refractivity contribution in [2.45, 2.75) is 32.7 Å². The molecule has 15 heavy (non-hydrogen) atoms. The Bertz CT molecular complexity index is 314. The van der Waals surface area contributed by atoms with Crippen molar-refractivity contribution in [2.24, 2.45) is 7.05 Å². The summed E-state index contributed by atoms with van der Waals surface area (Å²) in [6.45, 7) is 9.09. The number of aromatic nitrogens is 2. The number of hydrogen-bond donors (Lipinski definition) is 1. The van der Waals surface area contributed by atoms with Gasteiger partial charge < -0.3 is 5.32 Å². The maximum absolute atomic E-state index is 4.43. The van der Waals surface area contributed by atoms with Crippen LogP contribution >= 0.6 is 0 Å². The lowest BCUT2D eigenvalue weighted by atomic mass is 10.1. The Kier molecular flexibility index (Phi) is 4.56. The summed E-state index contributed by atoms with van der Waals surface area (Å²) in [4.78, 5) is 0. The predicted molar refractivity (Wildman–Crippen MR) is 63.7 cm³/mol. The Labute approximate surface area is 92.2 Å². The normalized spacial score (nSPS) is 12.7. The second-order valence-electron chi connectivity index (χ2n) is 4.02. The van der Waals surface area contributed by atoms with E-state index in [4.69, 9.17) is 0 Å². The standard InChI is InChI=1S/C12H21N3/c1-5-13-11(7-6-10(2)3)12-8-9-15(4)14-12/h8-9,11,13H,2,5-7H2,1,3-4H3. The van der Waals surface area contributed by atoms with Crippen LogP contribution in [0, 0.1) is 0 Å². The molecule has 0 saturated carbocycles. The van der Waals surface area contributed by atoms with E-state index in [1.807, 2.05) is 17.9 Å². The molecule has 0 radical (unpaired) electrons. The fourth-order valence-corrected chi connectivity index (χ4v) is 1.61.